The standard InChI is InChI=1S/C20H23N5OS2/c1-25(2)17(15-9-5-3-6-10-15)13-21-18(26)14-27-20-24-23-19(28-20)22-16-11-7-4-8-12-16/h3-12,17H,13-14H2,1-2H3,(H,21,26)(H,22,23)/t17-/m0/s1. The minimum Gasteiger partial charge on any atom is -0.353 e. The van der Waals surface area contributed by atoms with Gasteiger partial charge in [0, 0.05) is 12.2 Å². The van der Waals surface area contributed by atoms with Gasteiger partial charge in [0.15, 0.2) is 4.34 Å². The molecule has 0 fully saturated rings. The quantitative estimate of drug-likeness (QED) is 0.520. The number of nitrogens with zero attached hydrogens (tertiary/aromatic N) is 3. The van der Waals surface area contributed by atoms with E-state index >= 15 is 0 Å². The van der Waals surface area contributed by atoms with E-state index < -0.39 is 0 Å². The summed E-state index contributed by atoms with van der Waals surface area (Å²) >= 11 is 2.83. The average Bonchev–Trinajstić information content (AvgIpc) is 3.15. The Balaban J connectivity index is 1.46. The molecule has 0 radical (unpaired) electrons. The number of likely N-dealkylation sites (N-methyl/N-ethyl adjacent to an activating group) is 1. The Kier molecular flexibility index (Phi) is 7.41. The third kappa shape index (κ3) is 6.05. The largest absolute Gasteiger partial charge is 0.353 e. The van der Waals surface area contributed by atoms with Crippen LogP contribution in [0.1, 0.15) is 11.6 Å². The lowest BCUT2D eigenvalue weighted by molar-refractivity contribution is -0.118. The van der Waals surface area contributed by atoms with Crippen molar-refractivity contribution in [3.05, 3.63) is 66.2 Å². The molecule has 0 saturated carbocycles. The number of carbonyl (C=O) groups is 1. The second-order valence-corrected chi connectivity index (χ2v) is 8.55. The Morgan fingerprint density at radius 2 is 1.75 bits per heavy atom. The summed E-state index contributed by atoms with van der Waals surface area (Å²) in [5.41, 5.74) is 2.14. The molecule has 0 bridgehead atoms. The predicted molar refractivity (Wildman–Crippen MR) is 116 cm³/mol. The maximum atomic E-state index is 12.3. The minimum absolute atomic E-state index is 0.0134. The van der Waals surface area contributed by atoms with Gasteiger partial charge in [-0.25, -0.2) is 0 Å². The van der Waals surface area contributed by atoms with Crippen molar-refractivity contribution in [3.8, 4) is 0 Å². The summed E-state index contributed by atoms with van der Waals surface area (Å²) in [4.78, 5) is 14.4. The van der Waals surface area contributed by atoms with Gasteiger partial charge in [-0.15, -0.1) is 10.2 Å². The third-order valence-corrected chi connectivity index (χ3v) is 6.03. The molecule has 1 heterocycles. The summed E-state index contributed by atoms with van der Waals surface area (Å²) in [7, 11) is 4.03. The molecule has 8 heteroatoms. The van der Waals surface area contributed by atoms with Crippen LogP contribution in [-0.2, 0) is 4.79 Å². The van der Waals surface area contributed by atoms with Crippen LogP contribution in [0.25, 0.3) is 0 Å². The Morgan fingerprint density at radius 3 is 2.43 bits per heavy atom. The number of hydrogen-bond donors (Lipinski definition) is 2. The number of thioether (sulfide) groups is 1. The van der Waals surface area contributed by atoms with E-state index in [1.54, 1.807) is 0 Å². The fourth-order valence-corrected chi connectivity index (χ4v) is 4.23. The number of aromatic nitrogens is 2. The molecule has 1 atom stereocenters. The molecule has 3 rings (SSSR count). The highest BCUT2D eigenvalue weighted by molar-refractivity contribution is 8.01. The van der Waals surface area contributed by atoms with Crippen LogP contribution in [0.15, 0.2) is 65.0 Å². The number of carbonyl (C=O) groups excluding carboxylic acids is 1. The summed E-state index contributed by atoms with van der Waals surface area (Å²) in [5, 5.41) is 15.2. The molecular weight excluding hydrogens is 390 g/mol. The van der Waals surface area contributed by atoms with E-state index in [1.807, 2.05) is 62.6 Å². The molecule has 1 aromatic heterocycles. The number of nitrogens with one attached hydrogen (secondary N) is 2. The molecule has 0 saturated heterocycles. The van der Waals surface area contributed by atoms with Gasteiger partial charge >= 0.3 is 0 Å². The topological polar surface area (TPSA) is 70.2 Å². The second-order valence-electron chi connectivity index (χ2n) is 6.35. The van der Waals surface area contributed by atoms with Crippen LogP contribution in [-0.4, -0.2) is 47.4 Å². The van der Waals surface area contributed by atoms with E-state index in [4.69, 9.17) is 0 Å². The SMILES string of the molecule is CN(C)[C@@H](CNC(=O)CSc1nnc(Nc2ccccc2)s1)c1ccccc1. The summed E-state index contributed by atoms with van der Waals surface area (Å²) < 4.78 is 0.765. The lowest BCUT2D eigenvalue weighted by atomic mass is 10.1. The highest BCUT2D eigenvalue weighted by Crippen LogP contribution is 2.27. The summed E-state index contributed by atoms with van der Waals surface area (Å²) in [6.45, 7) is 0.563. The maximum absolute atomic E-state index is 12.3. The van der Waals surface area contributed by atoms with Crippen molar-refractivity contribution in [2.45, 2.75) is 10.4 Å². The molecule has 2 aromatic carbocycles. The van der Waals surface area contributed by atoms with Gasteiger partial charge in [-0.1, -0.05) is 71.6 Å². The molecule has 3 aromatic rings. The van der Waals surface area contributed by atoms with Crippen molar-refractivity contribution in [3.63, 3.8) is 0 Å². The van der Waals surface area contributed by atoms with Crippen LogP contribution in [0.2, 0.25) is 0 Å². The molecule has 0 spiro atoms. The van der Waals surface area contributed by atoms with Crippen molar-refractivity contribution in [2.75, 3.05) is 31.7 Å². The van der Waals surface area contributed by atoms with Crippen molar-refractivity contribution >= 4 is 39.8 Å². The van der Waals surface area contributed by atoms with E-state index in [2.05, 4.69) is 37.9 Å². The number of hydrogen-bond acceptors (Lipinski definition) is 7. The lowest BCUT2D eigenvalue weighted by Crippen LogP contribution is -2.35. The van der Waals surface area contributed by atoms with Gasteiger partial charge in [-0.3, -0.25) is 4.79 Å². The van der Waals surface area contributed by atoms with Gasteiger partial charge in [0.1, 0.15) is 0 Å². The van der Waals surface area contributed by atoms with E-state index in [0.29, 0.717) is 17.4 Å². The van der Waals surface area contributed by atoms with Gasteiger partial charge in [0.25, 0.3) is 0 Å². The smallest absolute Gasteiger partial charge is 0.230 e. The number of benzene rings is 2. The van der Waals surface area contributed by atoms with Gasteiger partial charge < -0.3 is 15.5 Å². The van der Waals surface area contributed by atoms with Crippen LogP contribution in [0.5, 0.6) is 0 Å². The molecule has 0 unspecified atom stereocenters. The van der Waals surface area contributed by atoms with E-state index in [0.717, 1.165) is 10.0 Å². The first-order chi connectivity index (χ1) is 13.6. The predicted octanol–water partition coefficient (Wildman–Crippen LogP) is 3.79. The number of anilines is 2. The van der Waals surface area contributed by atoms with Gasteiger partial charge in [0.2, 0.25) is 11.0 Å². The van der Waals surface area contributed by atoms with E-state index in [-0.39, 0.29) is 11.9 Å². The first-order valence-corrected chi connectivity index (χ1v) is 10.7. The van der Waals surface area contributed by atoms with Crippen LogP contribution < -0.4 is 10.6 Å². The molecule has 6 nitrogen and oxygen atoms in total. The fraction of sp³-hybridized carbons (Fsp3) is 0.250. The van der Waals surface area contributed by atoms with E-state index in [9.17, 15) is 4.79 Å². The monoisotopic (exact) mass is 413 g/mol. The van der Waals surface area contributed by atoms with Crippen molar-refractivity contribution in [1.82, 2.24) is 20.4 Å². The fourth-order valence-electron chi connectivity index (χ4n) is 2.63. The normalized spacial score (nSPS) is 12.0. The Bertz CT molecular complexity index is 871. The average molecular weight is 414 g/mol. The van der Waals surface area contributed by atoms with Crippen molar-refractivity contribution < 1.29 is 4.79 Å². The van der Waals surface area contributed by atoms with E-state index in [1.165, 1.54) is 28.7 Å². The summed E-state index contributed by atoms with van der Waals surface area (Å²) in [6.07, 6.45) is 0. The molecule has 1 amide bonds. The highest BCUT2D eigenvalue weighted by Gasteiger charge is 2.15. The van der Waals surface area contributed by atoms with Gasteiger partial charge in [-0.2, -0.15) is 0 Å². The van der Waals surface area contributed by atoms with Crippen molar-refractivity contribution in [1.29, 1.82) is 0 Å². The van der Waals surface area contributed by atoms with Crippen molar-refractivity contribution in [2.24, 2.45) is 0 Å². The highest BCUT2D eigenvalue weighted by atomic mass is 32.2. The zero-order chi connectivity index (χ0) is 19.8. The zero-order valence-electron chi connectivity index (χ0n) is 15.8. The number of amides is 1. The first-order valence-electron chi connectivity index (χ1n) is 8.88. The Labute approximate surface area is 173 Å². The van der Waals surface area contributed by atoms with Crippen LogP contribution in [0.3, 0.4) is 0 Å². The Morgan fingerprint density at radius 1 is 1.07 bits per heavy atom. The van der Waals surface area contributed by atoms with Crippen LogP contribution >= 0.6 is 23.1 Å². The number of para-hydroxylation sites is 1. The molecule has 0 aliphatic carbocycles. The summed E-state index contributed by atoms with van der Waals surface area (Å²) in [5.74, 6) is 0.301. The Hall–Kier alpha value is -2.42. The van der Waals surface area contributed by atoms with Gasteiger partial charge in [-0.05, 0) is 31.8 Å². The molecule has 0 aliphatic rings. The van der Waals surface area contributed by atoms with Crippen LogP contribution in [0, 0.1) is 0 Å². The molecule has 0 aliphatic heterocycles. The van der Waals surface area contributed by atoms with Crippen LogP contribution in [0.4, 0.5) is 10.8 Å². The third-order valence-electron chi connectivity index (χ3n) is 4.06. The van der Waals surface area contributed by atoms with Gasteiger partial charge in [0.05, 0.1) is 11.8 Å². The summed E-state index contributed by atoms with van der Waals surface area (Å²) in [6, 6.07) is 20.1. The molecule has 146 valence electrons. The zero-order valence-corrected chi connectivity index (χ0v) is 17.5. The minimum atomic E-state index is -0.0134. The molecule has 28 heavy (non-hydrogen) atoms. The lowest BCUT2D eigenvalue weighted by Gasteiger charge is -2.25. The number of rotatable bonds is 9. The molecule has 2 N–H and O–H groups in total. The first kappa shape index (κ1) is 20.3. The maximum Gasteiger partial charge on any atom is 0.230 e. The second kappa shape index (κ2) is 10.2. The molecular formula is C20H23N5OS2.